The second-order valence-electron chi connectivity index (χ2n) is 4.82. The zero-order valence-corrected chi connectivity index (χ0v) is 10.6. The van der Waals surface area contributed by atoms with Crippen LogP contribution in [0.1, 0.15) is 17.5 Å². The lowest BCUT2D eigenvalue weighted by Crippen LogP contribution is -2.25. The van der Waals surface area contributed by atoms with Crippen LogP contribution in [-0.2, 0) is 6.42 Å². The van der Waals surface area contributed by atoms with E-state index in [-0.39, 0.29) is 0 Å². The summed E-state index contributed by atoms with van der Waals surface area (Å²) in [4.78, 5) is 6.36. The molecule has 0 bridgehead atoms. The maximum atomic E-state index is 6.03. The van der Waals surface area contributed by atoms with E-state index in [1.165, 1.54) is 16.8 Å². The predicted octanol–water partition coefficient (Wildman–Crippen LogP) is 3.06. The summed E-state index contributed by atoms with van der Waals surface area (Å²) >= 11 is 0. The third-order valence-electron chi connectivity index (χ3n) is 3.47. The first-order chi connectivity index (χ1) is 8.75. The largest absolute Gasteiger partial charge is 0.396 e. The van der Waals surface area contributed by atoms with Gasteiger partial charge in [-0.15, -0.1) is 0 Å². The van der Waals surface area contributed by atoms with Crippen molar-refractivity contribution in [3.05, 3.63) is 47.8 Å². The molecule has 1 aliphatic heterocycles. The summed E-state index contributed by atoms with van der Waals surface area (Å²) < 4.78 is 0. The summed E-state index contributed by atoms with van der Waals surface area (Å²) in [7, 11) is 0. The van der Waals surface area contributed by atoms with Crippen LogP contribution in [0.5, 0.6) is 0 Å². The van der Waals surface area contributed by atoms with E-state index in [1.54, 1.807) is 12.4 Å². The minimum atomic E-state index is 0.742. The van der Waals surface area contributed by atoms with Gasteiger partial charge in [-0.1, -0.05) is 17.7 Å². The van der Waals surface area contributed by atoms with E-state index in [0.29, 0.717) is 0 Å². The molecule has 1 aliphatic rings. The lowest BCUT2D eigenvalue weighted by Gasteiger charge is -2.32. The average molecular weight is 239 g/mol. The lowest BCUT2D eigenvalue weighted by atomic mass is 9.99. The molecule has 0 radical (unpaired) electrons. The molecule has 0 saturated heterocycles. The molecule has 18 heavy (non-hydrogen) atoms. The van der Waals surface area contributed by atoms with Gasteiger partial charge in [-0.3, -0.25) is 4.98 Å². The quantitative estimate of drug-likeness (QED) is 0.831. The third kappa shape index (κ3) is 1.82. The van der Waals surface area contributed by atoms with Crippen molar-refractivity contribution in [3.8, 4) is 0 Å². The standard InChI is InChI=1S/C15H17N3/c1-11-4-5-14-12(9-11)3-2-8-18(14)15-6-7-17-10-13(15)16/h4-7,9-10H,2-3,8,16H2,1H3. The van der Waals surface area contributed by atoms with Gasteiger partial charge in [0.05, 0.1) is 17.6 Å². The smallest absolute Gasteiger partial charge is 0.0741 e. The van der Waals surface area contributed by atoms with Crippen LogP contribution in [0.4, 0.5) is 17.1 Å². The molecule has 3 nitrogen and oxygen atoms in total. The molecule has 1 aromatic heterocycles. The van der Waals surface area contributed by atoms with Gasteiger partial charge in [0.15, 0.2) is 0 Å². The first kappa shape index (κ1) is 11.1. The average Bonchev–Trinajstić information content (AvgIpc) is 2.38. The summed E-state index contributed by atoms with van der Waals surface area (Å²) in [6.45, 7) is 3.16. The first-order valence-corrected chi connectivity index (χ1v) is 6.32. The maximum Gasteiger partial charge on any atom is 0.0741 e. The summed E-state index contributed by atoms with van der Waals surface area (Å²) in [5.74, 6) is 0. The number of aryl methyl sites for hydroxylation is 2. The summed E-state index contributed by atoms with van der Waals surface area (Å²) in [5, 5.41) is 0. The van der Waals surface area contributed by atoms with Crippen LogP contribution in [0, 0.1) is 6.92 Å². The number of aromatic nitrogens is 1. The third-order valence-corrected chi connectivity index (χ3v) is 3.47. The number of nitrogen functional groups attached to an aromatic ring is 1. The van der Waals surface area contributed by atoms with Gasteiger partial charge in [0.1, 0.15) is 0 Å². The van der Waals surface area contributed by atoms with Crippen LogP contribution in [0.15, 0.2) is 36.7 Å². The van der Waals surface area contributed by atoms with Crippen molar-refractivity contribution < 1.29 is 0 Å². The van der Waals surface area contributed by atoms with Crippen LogP contribution < -0.4 is 10.6 Å². The summed E-state index contributed by atoms with van der Waals surface area (Å²) in [6.07, 6.45) is 5.84. The number of hydrogen-bond acceptors (Lipinski definition) is 3. The van der Waals surface area contributed by atoms with Crippen LogP contribution in [0.2, 0.25) is 0 Å². The van der Waals surface area contributed by atoms with Crippen LogP contribution in [0.3, 0.4) is 0 Å². The Bertz CT molecular complexity index is 578. The van der Waals surface area contributed by atoms with Gasteiger partial charge >= 0.3 is 0 Å². The van der Waals surface area contributed by atoms with E-state index in [2.05, 4.69) is 35.0 Å². The highest BCUT2D eigenvalue weighted by Gasteiger charge is 2.19. The predicted molar refractivity (Wildman–Crippen MR) is 75.2 cm³/mol. The Morgan fingerprint density at radius 1 is 1.22 bits per heavy atom. The molecular formula is C15H17N3. The fourth-order valence-corrected chi connectivity index (χ4v) is 2.62. The Labute approximate surface area is 107 Å². The minimum absolute atomic E-state index is 0.742. The number of rotatable bonds is 1. The zero-order valence-electron chi connectivity index (χ0n) is 10.6. The Morgan fingerprint density at radius 3 is 2.94 bits per heavy atom. The Hall–Kier alpha value is -2.03. The van der Waals surface area contributed by atoms with Crippen molar-refractivity contribution in [2.24, 2.45) is 0 Å². The van der Waals surface area contributed by atoms with Crippen molar-refractivity contribution in [2.75, 3.05) is 17.2 Å². The molecule has 92 valence electrons. The molecule has 2 N–H and O–H groups in total. The molecule has 2 heterocycles. The molecule has 2 aromatic rings. The van der Waals surface area contributed by atoms with E-state index in [1.807, 2.05) is 6.07 Å². The molecule has 3 rings (SSSR count). The topological polar surface area (TPSA) is 42.2 Å². The number of anilines is 3. The molecule has 0 aliphatic carbocycles. The van der Waals surface area contributed by atoms with Gasteiger partial charge in [0.2, 0.25) is 0 Å². The zero-order chi connectivity index (χ0) is 12.5. The van der Waals surface area contributed by atoms with Crippen molar-refractivity contribution in [1.29, 1.82) is 0 Å². The maximum absolute atomic E-state index is 6.03. The number of pyridine rings is 1. The minimum Gasteiger partial charge on any atom is -0.396 e. The number of hydrogen-bond donors (Lipinski definition) is 1. The van der Waals surface area contributed by atoms with Gasteiger partial charge in [0.25, 0.3) is 0 Å². The van der Waals surface area contributed by atoms with E-state index >= 15 is 0 Å². The van der Waals surface area contributed by atoms with Crippen LogP contribution in [0.25, 0.3) is 0 Å². The highest BCUT2D eigenvalue weighted by molar-refractivity contribution is 5.76. The van der Waals surface area contributed by atoms with E-state index in [4.69, 9.17) is 5.73 Å². The molecule has 0 saturated carbocycles. The van der Waals surface area contributed by atoms with Gasteiger partial charge in [-0.2, -0.15) is 0 Å². The number of nitrogens with zero attached hydrogens (tertiary/aromatic N) is 2. The van der Waals surface area contributed by atoms with E-state index in [0.717, 1.165) is 30.8 Å². The summed E-state index contributed by atoms with van der Waals surface area (Å²) in [6, 6.07) is 8.63. The normalized spacial score (nSPS) is 14.4. The molecule has 1 aromatic carbocycles. The van der Waals surface area contributed by atoms with Gasteiger partial charge in [-0.05, 0) is 37.5 Å². The Balaban J connectivity index is 2.09. The monoisotopic (exact) mass is 239 g/mol. The summed E-state index contributed by atoms with van der Waals surface area (Å²) in [5.41, 5.74) is 11.9. The molecule has 0 atom stereocenters. The number of fused-ring (bicyclic) bond motifs is 1. The Morgan fingerprint density at radius 2 is 2.11 bits per heavy atom. The molecular weight excluding hydrogens is 222 g/mol. The Kier molecular flexibility index (Phi) is 2.67. The van der Waals surface area contributed by atoms with Crippen molar-refractivity contribution in [3.63, 3.8) is 0 Å². The molecule has 0 amide bonds. The molecule has 0 spiro atoms. The van der Waals surface area contributed by atoms with E-state index < -0.39 is 0 Å². The first-order valence-electron chi connectivity index (χ1n) is 6.32. The molecule has 0 fully saturated rings. The van der Waals surface area contributed by atoms with Gasteiger partial charge in [-0.25, -0.2) is 0 Å². The second-order valence-corrected chi connectivity index (χ2v) is 4.82. The fraction of sp³-hybridized carbons (Fsp3) is 0.267. The van der Waals surface area contributed by atoms with Gasteiger partial charge in [0, 0.05) is 18.4 Å². The van der Waals surface area contributed by atoms with Crippen LogP contribution >= 0.6 is 0 Å². The number of nitrogens with two attached hydrogens (primary N) is 1. The highest BCUT2D eigenvalue weighted by Crippen LogP contribution is 2.36. The fourth-order valence-electron chi connectivity index (χ4n) is 2.62. The molecule has 3 heteroatoms. The van der Waals surface area contributed by atoms with Crippen molar-refractivity contribution >= 4 is 17.1 Å². The van der Waals surface area contributed by atoms with Crippen molar-refractivity contribution in [2.45, 2.75) is 19.8 Å². The van der Waals surface area contributed by atoms with Gasteiger partial charge < -0.3 is 10.6 Å². The number of benzene rings is 1. The van der Waals surface area contributed by atoms with Crippen molar-refractivity contribution in [1.82, 2.24) is 4.98 Å². The SMILES string of the molecule is Cc1ccc2c(c1)CCCN2c1ccncc1N. The highest BCUT2D eigenvalue weighted by atomic mass is 15.2. The lowest BCUT2D eigenvalue weighted by molar-refractivity contribution is 0.766. The second kappa shape index (κ2) is 4.33. The van der Waals surface area contributed by atoms with Crippen LogP contribution in [-0.4, -0.2) is 11.5 Å². The van der Waals surface area contributed by atoms with E-state index in [9.17, 15) is 0 Å². The molecule has 0 unspecified atom stereocenters.